The van der Waals surface area contributed by atoms with Gasteiger partial charge < -0.3 is 10.8 Å². The quantitative estimate of drug-likeness (QED) is 0.580. The molecule has 16 heavy (non-hydrogen) atoms. The molecule has 0 bridgehead atoms. The van der Waals surface area contributed by atoms with Crippen LogP contribution in [0, 0.1) is 0 Å². The fraction of sp³-hybridized carbons (Fsp3) is 0.600. The second-order valence-corrected chi connectivity index (χ2v) is 6.06. The zero-order valence-corrected chi connectivity index (χ0v) is 10.8. The Kier molecular flexibility index (Phi) is 5.24. The Morgan fingerprint density at radius 3 is 3.00 bits per heavy atom. The molecule has 0 saturated heterocycles. The minimum atomic E-state index is -1.09. The van der Waals surface area contributed by atoms with E-state index in [1.165, 1.54) is 0 Å². The van der Waals surface area contributed by atoms with Gasteiger partial charge in [-0.05, 0) is 19.8 Å². The predicted octanol–water partition coefficient (Wildman–Crippen LogP) is 2.21. The number of carboxylic acid groups (broad SMARTS) is 1. The Morgan fingerprint density at radius 1 is 1.69 bits per heavy atom. The van der Waals surface area contributed by atoms with Gasteiger partial charge in [-0.2, -0.15) is 0 Å². The third-order valence-electron chi connectivity index (χ3n) is 2.21. The Labute approximate surface area is 103 Å². The summed E-state index contributed by atoms with van der Waals surface area (Å²) >= 11 is 3.33. The minimum absolute atomic E-state index is 0.515. The number of nitrogens with zero attached hydrogens (tertiary/aromatic N) is 1. The van der Waals surface area contributed by atoms with Crippen LogP contribution in [0.25, 0.3) is 0 Å². The number of nitrogens with two attached hydrogens (primary N) is 1. The molecule has 0 spiro atoms. The van der Waals surface area contributed by atoms with Crippen molar-refractivity contribution in [3.8, 4) is 0 Å². The van der Waals surface area contributed by atoms with E-state index in [1.807, 2.05) is 5.38 Å². The SMILES string of the molecule is CC(N)(CCCCSc1nccs1)C(=O)O. The summed E-state index contributed by atoms with van der Waals surface area (Å²) in [5.41, 5.74) is 4.53. The number of hydrogen-bond acceptors (Lipinski definition) is 5. The number of rotatable bonds is 7. The fourth-order valence-electron chi connectivity index (χ4n) is 1.14. The van der Waals surface area contributed by atoms with Gasteiger partial charge in [-0.1, -0.05) is 18.2 Å². The highest BCUT2D eigenvalue weighted by molar-refractivity contribution is 8.00. The van der Waals surface area contributed by atoms with Gasteiger partial charge in [0.2, 0.25) is 0 Å². The van der Waals surface area contributed by atoms with Crippen molar-refractivity contribution in [2.24, 2.45) is 5.73 Å². The Hall–Kier alpha value is -0.590. The lowest BCUT2D eigenvalue weighted by Gasteiger charge is -2.18. The molecule has 1 aromatic heterocycles. The summed E-state index contributed by atoms with van der Waals surface area (Å²) in [4.78, 5) is 14.9. The second kappa shape index (κ2) is 6.22. The van der Waals surface area contributed by atoms with Crippen LogP contribution in [-0.4, -0.2) is 27.4 Å². The molecule has 1 unspecified atom stereocenters. The predicted molar refractivity (Wildman–Crippen MR) is 66.9 cm³/mol. The van der Waals surface area contributed by atoms with E-state index in [-0.39, 0.29) is 0 Å². The monoisotopic (exact) mass is 260 g/mol. The van der Waals surface area contributed by atoms with Crippen LogP contribution in [-0.2, 0) is 4.79 Å². The summed E-state index contributed by atoms with van der Waals surface area (Å²) in [6, 6.07) is 0. The molecule has 0 aromatic carbocycles. The molecule has 0 fully saturated rings. The smallest absolute Gasteiger partial charge is 0.323 e. The summed E-state index contributed by atoms with van der Waals surface area (Å²) in [6.07, 6.45) is 4.09. The first-order chi connectivity index (χ1) is 7.52. The van der Waals surface area contributed by atoms with E-state index in [2.05, 4.69) is 4.98 Å². The van der Waals surface area contributed by atoms with Crippen LogP contribution in [0.3, 0.4) is 0 Å². The number of aliphatic carboxylic acids is 1. The molecule has 90 valence electrons. The summed E-state index contributed by atoms with van der Waals surface area (Å²) in [7, 11) is 0. The molecule has 1 rings (SSSR count). The van der Waals surface area contributed by atoms with Crippen molar-refractivity contribution in [3.63, 3.8) is 0 Å². The van der Waals surface area contributed by atoms with Crippen LogP contribution in [0.1, 0.15) is 26.2 Å². The molecule has 0 saturated carbocycles. The minimum Gasteiger partial charge on any atom is -0.480 e. The topological polar surface area (TPSA) is 76.2 Å². The molecule has 6 heteroatoms. The molecular formula is C10H16N2O2S2. The van der Waals surface area contributed by atoms with Gasteiger partial charge in [0.15, 0.2) is 0 Å². The van der Waals surface area contributed by atoms with Gasteiger partial charge in [0.1, 0.15) is 9.88 Å². The van der Waals surface area contributed by atoms with E-state index in [4.69, 9.17) is 10.8 Å². The Balaban J connectivity index is 2.10. The van der Waals surface area contributed by atoms with E-state index in [1.54, 1.807) is 36.2 Å². The van der Waals surface area contributed by atoms with Gasteiger partial charge in [0, 0.05) is 17.3 Å². The summed E-state index contributed by atoms with van der Waals surface area (Å²) < 4.78 is 1.06. The molecule has 3 N–H and O–H groups in total. The van der Waals surface area contributed by atoms with Gasteiger partial charge >= 0.3 is 5.97 Å². The van der Waals surface area contributed by atoms with Crippen LogP contribution < -0.4 is 5.73 Å². The van der Waals surface area contributed by atoms with E-state index in [0.717, 1.165) is 22.9 Å². The van der Waals surface area contributed by atoms with E-state index < -0.39 is 11.5 Å². The van der Waals surface area contributed by atoms with E-state index >= 15 is 0 Å². The zero-order valence-electron chi connectivity index (χ0n) is 9.18. The van der Waals surface area contributed by atoms with Crippen molar-refractivity contribution < 1.29 is 9.90 Å². The highest BCUT2D eigenvalue weighted by Crippen LogP contribution is 2.22. The van der Waals surface area contributed by atoms with Gasteiger partial charge in [-0.15, -0.1) is 11.3 Å². The van der Waals surface area contributed by atoms with Gasteiger partial charge in [-0.25, -0.2) is 4.98 Å². The van der Waals surface area contributed by atoms with Crippen molar-refractivity contribution in [2.45, 2.75) is 36.1 Å². The average molecular weight is 260 g/mol. The third-order valence-corrected chi connectivity index (χ3v) is 4.27. The first-order valence-corrected chi connectivity index (χ1v) is 6.93. The number of thioether (sulfide) groups is 1. The van der Waals surface area contributed by atoms with E-state index in [9.17, 15) is 4.79 Å². The average Bonchev–Trinajstić information content (AvgIpc) is 2.69. The van der Waals surface area contributed by atoms with Crippen molar-refractivity contribution in [1.82, 2.24) is 4.98 Å². The standard InChI is InChI=1S/C10H16N2O2S2/c1-10(11,8(13)14)4-2-3-6-15-9-12-5-7-16-9/h5,7H,2-4,6,11H2,1H3,(H,13,14). The number of thiazole rings is 1. The van der Waals surface area contributed by atoms with Crippen LogP contribution in [0.5, 0.6) is 0 Å². The summed E-state index contributed by atoms with van der Waals surface area (Å²) in [5.74, 6) is 0.0310. The lowest BCUT2D eigenvalue weighted by Crippen LogP contribution is -2.44. The Morgan fingerprint density at radius 2 is 2.44 bits per heavy atom. The molecule has 0 aliphatic rings. The molecule has 0 radical (unpaired) electrons. The van der Waals surface area contributed by atoms with Gasteiger partial charge in [-0.3, -0.25) is 4.79 Å². The highest BCUT2D eigenvalue weighted by atomic mass is 32.2. The van der Waals surface area contributed by atoms with Crippen molar-refractivity contribution >= 4 is 29.1 Å². The number of unbranched alkanes of at least 4 members (excludes halogenated alkanes) is 1. The van der Waals surface area contributed by atoms with Gasteiger partial charge in [0.05, 0.1) is 0 Å². The first-order valence-electron chi connectivity index (χ1n) is 5.07. The number of aromatic nitrogens is 1. The fourth-order valence-corrected chi connectivity index (χ4v) is 2.85. The molecule has 1 atom stereocenters. The van der Waals surface area contributed by atoms with Crippen LogP contribution in [0.15, 0.2) is 15.9 Å². The number of carbonyl (C=O) groups is 1. The number of carboxylic acids is 1. The zero-order chi connectivity index (χ0) is 12.0. The molecular weight excluding hydrogens is 244 g/mol. The molecule has 4 nitrogen and oxygen atoms in total. The Bertz CT molecular complexity index is 326. The molecule has 0 aliphatic carbocycles. The molecule has 0 aliphatic heterocycles. The maximum absolute atomic E-state index is 10.7. The maximum Gasteiger partial charge on any atom is 0.323 e. The van der Waals surface area contributed by atoms with Crippen molar-refractivity contribution in [2.75, 3.05) is 5.75 Å². The maximum atomic E-state index is 10.7. The lowest BCUT2D eigenvalue weighted by molar-refractivity contribution is -0.142. The second-order valence-electron chi connectivity index (χ2n) is 3.83. The summed E-state index contributed by atoms with van der Waals surface area (Å²) in [6.45, 7) is 1.56. The van der Waals surface area contributed by atoms with Crippen LogP contribution in [0.2, 0.25) is 0 Å². The lowest BCUT2D eigenvalue weighted by atomic mass is 9.97. The van der Waals surface area contributed by atoms with Crippen molar-refractivity contribution in [1.29, 1.82) is 0 Å². The largest absolute Gasteiger partial charge is 0.480 e. The molecule has 1 heterocycles. The first kappa shape index (κ1) is 13.5. The highest BCUT2D eigenvalue weighted by Gasteiger charge is 2.26. The van der Waals surface area contributed by atoms with Gasteiger partial charge in [0.25, 0.3) is 0 Å². The van der Waals surface area contributed by atoms with Crippen LogP contribution in [0.4, 0.5) is 0 Å². The molecule has 0 amide bonds. The number of hydrogen-bond donors (Lipinski definition) is 2. The van der Waals surface area contributed by atoms with E-state index in [0.29, 0.717) is 6.42 Å². The molecule has 1 aromatic rings. The van der Waals surface area contributed by atoms with Crippen molar-refractivity contribution in [3.05, 3.63) is 11.6 Å². The third kappa shape index (κ3) is 4.51. The van der Waals surface area contributed by atoms with Crippen LogP contribution >= 0.6 is 23.1 Å². The summed E-state index contributed by atoms with van der Waals surface area (Å²) in [5, 5.41) is 10.8. The normalized spacial score (nSPS) is 14.6.